The lowest BCUT2D eigenvalue weighted by atomic mass is 10.1. The molecule has 0 atom stereocenters. The van der Waals surface area contributed by atoms with E-state index in [9.17, 15) is 22.0 Å². The third-order valence-electron chi connectivity index (χ3n) is 9.67. The van der Waals surface area contributed by atoms with Gasteiger partial charge in [0.2, 0.25) is 11.7 Å². The summed E-state index contributed by atoms with van der Waals surface area (Å²) in [6.45, 7) is 32.6. The van der Waals surface area contributed by atoms with Gasteiger partial charge in [0.05, 0.1) is 22.6 Å². The molecule has 0 radical (unpaired) electrons. The van der Waals surface area contributed by atoms with Gasteiger partial charge in [0.15, 0.2) is 0 Å². The monoisotopic (exact) mass is 1130 g/mol. The average Bonchev–Trinajstić information content (AvgIpc) is 4.10. The van der Waals surface area contributed by atoms with E-state index in [1.807, 2.05) is 137 Å². The fraction of sp³-hybridized carbons (Fsp3) is 0.421. The van der Waals surface area contributed by atoms with Gasteiger partial charge in [-0.3, -0.25) is 9.97 Å². The summed E-state index contributed by atoms with van der Waals surface area (Å²) >= 11 is 0. The predicted octanol–water partition coefficient (Wildman–Crippen LogP) is 12.9. The summed E-state index contributed by atoms with van der Waals surface area (Å²) < 4.78 is 67.9. The van der Waals surface area contributed by atoms with Crippen molar-refractivity contribution < 1.29 is 31.0 Å². The largest absolute Gasteiger partial charge is 0.419 e. The van der Waals surface area contributed by atoms with Gasteiger partial charge in [-0.1, -0.05) is 51.4 Å². The zero-order chi connectivity index (χ0) is 60.9. The van der Waals surface area contributed by atoms with Gasteiger partial charge in [0, 0.05) is 99.7 Å². The molecule has 19 nitrogen and oxygen atoms in total. The second-order valence-electron chi connectivity index (χ2n) is 17.8. The Bertz CT molecular complexity index is 2740. The van der Waals surface area contributed by atoms with E-state index in [1.54, 1.807) is 12.4 Å². The molecule has 0 bridgehead atoms. The summed E-state index contributed by atoms with van der Waals surface area (Å²) in [6, 6.07) is 1.96. The van der Waals surface area contributed by atoms with Gasteiger partial charge in [-0.05, 0) is 129 Å². The summed E-state index contributed by atoms with van der Waals surface area (Å²) in [4.78, 5) is 58.3. The molecule has 24 heteroatoms. The number of rotatable bonds is 6. The molecule has 0 saturated heterocycles. The first kappa shape index (κ1) is 70.6. The van der Waals surface area contributed by atoms with Crippen LogP contribution in [0.5, 0.6) is 0 Å². The molecule has 0 N–H and O–H groups in total. The molecule has 436 valence electrons. The molecule has 81 heavy (non-hydrogen) atoms. The topological polar surface area (TPSA) is 245 Å². The van der Waals surface area contributed by atoms with Crippen LogP contribution in [0.15, 0.2) is 102 Å². The van der Waals surface area contributed by atoms with Gasteiger partial charge < -0.3 is 9.05 Å². The van der Waals surface area contributed by atoms with Crippen LogP contribution in [0.3, 0.4) is 0 Å². The molecule has 0 amide bonds. The van der Waals surface area contributed by atoms with E-state index < -0.39 is 24.0 Å². The van der Waals surface area contributed by atoms with Crippen molar-refractivity contribution in [3.8, 4) is 0 Å². The van der Waals surface area contributed by atoms with E-state index in [0.29, 0.717) is 11.7 Å². The van der Waals surface area contributed by atoms with Crippen molar-refractivity contribution >= 4 is 0 Å². The fourth-order valence-corrected chi connectivity index (χ4v) is 5.01. The zero-order valence-electron chi connectivity index (χ0n) is 49.5. The zero-order valence-corrected chi connectivity index (χ0v) is 49.5. The third kappa shape index (κ3) is 34.2. The summed E-state index contributed by atoms with van der Waals surface area (Å²) in [6.07, 6.45) is 20.8. The first-order valence-corrected chi connectivity index (χ1v) is 25.7. The SMILES string of the molecule is CCCc1cnc(C)nc1.CCc1cnc(C)nc1.CCc1cnc(C)nc1.Cc1cc(C(C)C)no1.Cc1cnc(C)cn1.Cc1cnc(C)nc1.Cc1cnc(C)nc1.Cc1nc(C(F)F)no1.Cc1ncc(C(F)(F)F)cn1. The maximum atomic E-state index is 11.8. The van der Waals surface area contributed by atoms with E-state index in [1.165, 1.54) is 30.5 Å². The van der Waals surface area contributed by atoms with Gasteiger partial charge in [-0.25, -0.2) is 68.6 Å². The Labute approximate surface area is 472 Å². The molecule has 0 fully saturated rings. The Kier molecular flexibility index (Phi) is 34.0. The molecule has 0 spiro atoms. The Morgan fingerprint density at radius 2 is 0.778 bits per heavy atom. The summed E-state index contributed by atoms with van der Waals surface area (Å²) in [5.74, 6) is 5.49. The highest BCUT2D eigenvalue weighted by molar-refractivity contribution is 5.10. The quantitative estimate of drug-likeness (QED) is 0.140. The second kappa shape index (κ2) is 39.0. The maximum Gasteiger partial charge on any atom is 0.419 e. The van der Waals surface area contributed by atoms with Crippen LogP contribution in [-0.2, 0) is 25.4 Å². The lowest BCUT2D eigenvalue weighted by Crippen LogP contribution is -2.06. The van der Waals surface area contributed by atoms with Crippen molar-refractivity contribution in [2.45, 2.75) is 162 Å². The highest BCUT2D eigenvalue weighted by Crippen LogP contribution is 2.27. The Hall–Kier alpha value is -8.44. The van der Waals surface area contributed by atoms with Crippen LogP contribution in [0.25, 0.3) is 0 Å². The van der Waals surface area contributed by atoms with Crippen molar-refractivity contribution in [1.29, 1.82) is 0 Å². The minimum Gasteiger partial charge on any atom is -0.361 e. The van der Waals surface area contributed by atoms with Gasteiger partial charge in [-0.15, -0.1) is 0 Å². The Morgan fingerprint density at radius 1 is 0.432 bits per heavy atom. The van der Waals surface area contributed by atoms with Crippen LogP contribution in [0.2, 0.25) is 0 Å². The number of halogens is 5. The van der Waals surface area contributed by atoms with Crippen LogP contribution in [0.4, 0.5) is 22.0 Å². The summed E-state index contributed by atoms with van der Waals surface area (Å²) in [5.41, 5.74) is 7.99. The van der Waals surface area contributed by atoms with E-state index >= 15 is 0 Å². The number of nitrogens with zero attached hydrogens (tertiary/aromatic N) is 17. The van der Waals surface area contributed by atoms with Gasteiger partial charge >= 0.3 is 12.6 Å². The molecule has 9 heterocycles. The molecule has 0 unspecified atom stereocenters. The number of aryl methyl sites for hydroxylation is 15. The van der Waals surface area contributed by atoms with Gasteiger partial charge in [-0.2, -0.15) is 18.2 Å². The minimum atomic E-state index is -4.34. The Morgan fingerprint density at radius 3 is 1.00 bits per heavy atom. The van der Waals surface area contributed by atoms with Gasteiger partial charge in [0.25, 0.3) is 0 Å². The lowest BCUT2D eigenvalue weighted by Gasteiger charge is -2.03. The highest BCUT2D eigenvalue weighted by Gasteiger charge is 2.31. The van der Waals surface area contributed by atoms with Crippen molar-refractivity contribution in [2.75, 3.05) is 0 Å². The van der Waals surface area contributed by atoms with Crippen LogP contribution in [-0.4, -0.2) is 85.1 Å². The van der Waals surface area contributed by atoms with Crippen LogP contribution >= 0.6 is 0 Å². The first-order valence-electron chi connectivity index (χ1n) is 25.7. The molecule has 9 rings (SSSR count). The van der Waals surface area contributed by atoms with E-state index in [2.05, 4.69) is 124 Å². The second-order valence-corrected chi connectivity index (χ2v) is 17.8. The highest BCUT2D eigenvalue weighted by atomic mass is 19.4. The molecule has 0 aliphatic carbocycles. The number of aromatic nitrogens is 17. The van der Waals surface area contributed by atoms with E-state index in [4.69, 9.17) is 4.52 Å². The molecule has 0 aliphatic heterocycles. The van der Waals surface area contributed by atoms with Crippen LogP contribution in [0, 0.1) is 83.1 Å². The van der Waals surface area contributed by atoms with E-state index in [-0.39, 0.29) is 5.89 Å². The maximum absolute atomic E-state index is 11.8. The smallest absolute Gasteiger partial charge is 0.361 e. The molecule has 0 saturated carbocycles. The van der Waals surface area contributed by atoms with Crippen LogP contribution in [0.1, 0.15) is 156 Å². The fourth-order valence-electron chi connectivity index (χ4n) is 5.01. The molecule has 0 aromatic carbocycles. The van der Waals surface area contributed by atoms with Crippen molar-refractivity contribution in [2.24, 2.45) is 0 Å². The van der Waals surface area contributed by atoms with E-state index in [0.717, 1.165) is 101 Å². The first-order chi connectivity index (χ1) is 38.2. The summed E-state index contributed by atoms with van der Waals surface area (Å²) in [5, 5.41) is 6.82. The number of alkyl halides is 5. The van der Waals surface area contributed by atoms with Crippen molar-refractivity contribution in [1.82, 2.24) is 85.1 Å². The predicted molar refractivity (Wildman–Crippen MR) is 299 cm³/mol. The molecule has 9 aromatic heterocycles. The number of hydrogen-bond acceptors (Lipinski definition) is 19. The normalized spacial score (nSPS) is 10.0. The lowest BCUT2D eigenvalue weighted by molar-refractivity contribution is -0.138. The standard InChI is InChI=1S/C8H12N2.2C7H10N2.C7H11NO.C6H5F3N2.3C6H8N2.C4H4F2N2O/c1-3-4-8-5-9-7(2)10-6-8;2*1-3-7-4-8-6(2)9-5-7;1-5(2)7-4-6(3)9-8-7;1-4-10-2-5(3-11-4)6(7,8)9;1-5-3-8-6(2)4-7-5;2*1-5-3-7-6(2)8-4-5;1-2-7-4(3(5)6)8-9-2/h5-6H,3-4H2,1-2H3;2*4-5H,3H2,1-2H3;4-5H,1-3H3;2-3H,1H3;3*3-4H,1-2H3;3H,1H3. The molecular weight excluding hydrogens is 1050 g/mol. The summed E-state index contributed by atoms with van der Waals surface area (Å²) in [7, 11) is 0. The Balaban J connectivity index is 0.000000456. The molecule has 9 aromatic rings. The molecular formula is C57H76F5N17O2. The van der Waals surface area contributed by atoms with Crippen molar-refractivity contribution in [3.63, 3.8) is 0 Å². The molecule has 0 aliphatic rings. The minimum absolute atomic E-state index is 0.158. The van der Waals surface area contributed by atoms with Crippen LogP contribution < -0.4 is 0 Å². The third-order valence-corrected chi connectivity index (χ3v) is 9.67. The van der Waals surface area contributed by atoms with Crippen molar-refractivity contribution in [3.05, 3.63) is 196 Å². The van der Waals surface area contributed by atoms with Gasteiger partial charge in [0.1, 0.15) is 40.7 Å². The average molecular weight is 1130 g/mol. The number of hydrogen-bond donors (Lipinski definition) is 0.